The number of imidazole rings is 2. The molecule has 0 N–H and O–H groups in total. The van der Waals surface area contributed by atoms with E-state index >= 15 is 0 Å². The fraction of sp³-hybridized carbons (Fsp3) is 0. The quantitative estimate of drug-likeness (QED) is 0.181. The molecule has 6 nitrogen and oxygen atoms in total. The van der Waals surface area contributed by atoms with Crippen molar-refractivity contribution in [2.75, 3.05) is 0 Å². The first-order chi connectivity index (χ1) is 25.8. The number of rotatable bonds is 5. The van der Waals surface area contributed by atoms with Crippen molar-refractivity contribution in [2.24, 2.45) is 0 Å². The Morgan fingerprint density at radius 3 is 1.37 bits per heavy atom. The second-order valence-electron chi connectivity index (χ2n) is 12.9. The second kappa shape index (κ2) is 11.3. The lowest BCUT2D eigenvalue weighted by Gasteiger charge is -2.12. The molecule has 0 aliphatic carbocycles. The molecule has 0 bridgehead atoms. The molecular formula is C45H28N6S. The fourth-order valence-electron chi connectivity index (χ4n) is 7.67. The van der Waals surface area contributed by atoms with Gasteiger partial charge in [-0.1, -0.05) is 108 Å². The predicted molar refractivity (Wildman–Crippen MR) is 214 cm³/mol. The third-order valence-electron chi connectivity index (χ3n) is 9.94. The van der Waals surface area contributed by atoms with Gasteiger partial charge in [-0.2, -0.15) is 0 Å². The van der Waals surface area contributed by atoms with E-state index in [4.69, 9.17) is 15.0 Å². The van der Waals surface area contributed by atoms with E-state index in [0.717, 1.165) is 82.6 Å². The molecule has 52 heavy (non-hydrogen) atoms. The fourth-order valence-corrected chi connectivity index (χ4v) is 8.80. The minimum absolute atomic E-state index is 0.847. The zero-order chi connectivity index (χ0) is 34.2. The van der Waals surface area contributed by atoms with Crippen LogP contribution >= 0.6 is 11.3 Å². The summed E-state index contributed by atoms with van der Waals surface area (Å²) >= 11 is 1.70. The Balaban J connectivity index is 1.26. The molecule has 0 aliphatic rings. The molecule has 244 valence electrons. The average Bonchev–Trinajstić information content (AvgIpc) is 3.98. The van der Waals surface area contributed by atoms with Gasteiger partial charge >= 0.3 is 0 Å². The van der Waals surface area contributed by atoms with Crippen LogP contribution in [0.2, 0.25) is 0 Å². The SMILES string of the molecule is c1ccc(-n2c(-c3ccc(-c4nc5ccccc5n4-c4ccccc4)c4sc(-n5c6ccccc6c6ccccc65)nc34)nc3ccccc32)cc1. The molecule has 0 saturated heterocycles. The minimum Gasteiger partial charge on any atom is -0.292 e. The van der Waals surface area contributed by atoms with Crippen molar-refractivity contribution in [1.82, 2.24) is 28.7 Å². The van der Waals surface area contributed by atoms with Crippen molar-refractivity contribution >= 4 is 65.4 Å². The lowest BCUT2D eigenvalue weighted by Crippen LogP contribution is -2.00. The van der Waals surface area contributed by atoms with Crippen LogP contribution in [0.3, 0.4) is 0 Å². The smallest absolute Gasteiger partial charge is 0.195 e. The number of fused-ring (bicyclic) bond motifs is 6. The number of benzene rings is 7. The largest absolute Gasteiger partial charge is 0.292 e. The van der Waals surface area contributed by atoms with Gasteiger partial charge in [-0.05, 0) is 72.8 Å². The summed E-state index contributed by atoms with van der Waals surface area (Å²) in [6, 6.07) is 59.2. The Hall–Kier alpha value is -6.83. The predicted octanol–water partition coefficient (Wildman–Crippen LogP) is 11.4. The molecule has 4 heterocycles. The van der Waals surface area contributed by atoms with E-state index in [1.54, 1.807) is 11.3 Å². The van der Waals surface area contributed by atoms with Gasteiger partial charge in [0.05, 0.1) is 43.3 Å². The average molecular weight is 685 g/mol. The maximum Gasteiger partial charge on any atom is 0.195 e. The second-order valence-corrected chi connectivity index (χ2v) is 13.9. The zero-order valence-electron chi connectivity index (χ0n) is 27.8. The minimum atomic E-state index is 0.847. The van der Waals surface area contributed by atoms with Gasteiger partial charge in [0.15, 0.2) is 5.13 Å². The van der Waals surface area contributed by atoms with E-state index in [9.17, 15) is 0 Å². The van der Waals surface area contributed by atoms with Crippen LogP contribution in [0.25, 0.3) is 93.4 Å². The summed E-state index contributed by atoms with van der Waals surface area (Å²) in [5, 5.41) is 3.30. The van der Waals surface area contributed by atoms with Gasteiger partial charge in [0, 0.05) is 33.3 Å². The number of hydrogen-bond acceptors (Lipinski definition) is 4. The highest BCUT2D eigenvalue weighted by Crippen LogP contribution is 2.43. The number of hydrogen-bond donors (Lipinski definition) is 0. The Bertz CT molecular complexity index is 2920. The molecule has 11 rings (SSSR count). The van der Waals surface area contributed by atoms with Crippen molar-refractivity contribution in [3.05, 3.63) is 170 Å². The first-order valence-corrected chi connectivity index (χ1v) is 18.1. The molecule has 0 saturated carbocycles. The van der Waals surface area contributed by atoms with Crippen LogP contribution in [0.15, 0.2) is 170 Å². The van der Waals surface area contributed by atoms with Crippen molar-refractivity contribution in [3.63, 3.8) is 0 Å². The Labute approximate surface area is 302 Å². The van der Waals surface area contributed by atoms with E-state index in [1.807, 2.05) is 18.2 Å². The summed E-state index contributed by atoms with van der Waals surface area (Å²) < 4.78 is 7.88. The summed E-state index contributed by atoms with van der Waals surface area (Å²) in [5.74, 6) is 1.72. The van der Waals surface area contributed by atoms with Crippen LogP contribution < -0.4 is 0 Å². The van der Waals surface area contributed by atoms with Gasteiger partial charge in [0.2, 0.25) is 0 Å². The summed E-state index contributed by atoms with van der Waals surface area (Å²) in [5.41, 5.74) is 11.2. The molecule has 0 atom stereocenters. The van der Waals surface area contributed by atoms with Crippen molar-refractivity contribution in [1.29, 1.82) is 0 Å². The van der Waals surface area contributed by atoms with Gasteiger partial charge < -0.3 is 0 Å². The van der Waals surface area contributed by atoms with Gasteiger partial charge in [-0.15, -0.1) is 0 Å². The lowest BCUT2D eigenvalue weighted by molar-refractivity contribution is 1.10. The van der Waals surface area contributed by atoms with Crippen LogP contribution in [-0.4, -0.2) is 28.7 Å². The van der Waals surface area contributed by atoms with E-state index in [0.29, 0.717) is 0 Å². The monoisotopic (exact) mass is 684 g/mol. The highest BCUT2D eigenvalue weighted by atomic mass is 32.1. The van der Waals surface area contributed by atoms with Gasteiger partial charge in [-0.25, -0.2) is 15.0 Å². The number of nitrogens with zero attached hydrogens (tertiary/aromatic N) is 6. The van der Waals surface area contributed by atoms with E-state index in [-0.39, 0.29) is 0 Å². The Morgan fingerprint density at radius 1 is 0.365 bits per heavy atom. The molecule has 0 aliphatic heterocycles. The lowest BCUT2D eigenvalue weighted by atomic mass is 10.1. The first kappa shape index (κ1) is 29.0. The number of aromatic nitrogens is 6. The molecule has 7 aromatic carbocycles. The highest BCUT2D eigenvalue weighted by molar-refractivity contribution is 7.21. The highest BCUT2D eigenvalue weighted by Gasteiger charge is 2.25. The van der Waals surface area contributed by atoms with Gasteiger partial charge in [0.25, 0.3) is 0 Å². The standard InChI is InChI=1S/C45H28N6S/c1-3-15-29(16-4-1)49-39-25-13-9-21-35(39)46-43(49)33-27-28-34(44-47-36-22-10-14-26-40(36)50(44)30-17-5-2-6-18-30)42-41(33)48-45(52-42)51-37-23-11-7-19-31(37)32-20-8-12-24-38(32)51/h1-28H. The maximum atomic E-state index is 5.57. The zero-order valence-corrected chi connectivity index (χ0v) is 28.6. The summed E-state index contributed by atoms with van der Waals surface area (Å²) in [7, 11) is 0. The molecule has 0 fully saturated rings. The van der Waals surface area contributed by atoms with Crippen molar-refractivity contribution in [2.45, 2.75) is 0 Å². The summed E-state index contributed by atoms with van der Waals surface area (Å²) in [6.45, 7) is 0. The van der Waals surface area contributed by atoms with Gasteiger partial charge in [-0.3, -0.25) is 13.7 Å². The maximum absolute atomic E-state index is 5.57. The third-order valence-corrected chi connectivity index (χ3v) is 11.0. The third kappa shape index (κ3) is 4.26. The van der Waals surface area contributed by atoms with Crippen molar-refractivity contribution < 1.29 is 0 Å². The van der Waals surface area contributed by atoms with Crippen molar-refractivity contribution in [3.8, 4) is 39.3 Å². The molecule has 7 heteroatoms. The van der Waals surface area contributed by atoms with E-state index in [2.05, 4.69) is 165 Å². The normalized spacial score (nSPS) is 11.8. The van der Waals surface area contributed by atoms with E-state index < -0.39 is 0 Å². The molecule has 4 aromatic heterocycles. The van der Waals surface area contributed by atoms with Crippen LogP contribution in [0.1, 0.15) is 0 Å². The molecule has 0 spiro atoms. The van der Waals surface area contributed by atoms with Gasteiger partial charge in [0.1, 0.15) is 11.6 Å². The summed E-state index contributed by atoms with van der Waals surface area (Å²) in [6.07, 6.45) is 0. The molecular weight excluding hydrogens is 657 g/mol. The molecule has 11 aromatic rings. The first-order valence-electron chi connectivity index (χ1n) is 17.3. The topological polar surface area (TPSA) is 53.5 Å². The number of thiazole rings is 1. The van der Waals surface area contributed by atoms with Crippen LogP contribution in [0.5, 0.6) is 0 Å². The number of para-hydroxylation sites is 8. The molecule has 0 amide bonds. The molecule has 0 unspecified atom stereocenters. The molecule has 0 radical (unpaired) electrons. The van der Waals surface area contributed by atoms with Crippen LogP contribution in [0.4, 0.5) is 0 Å². The van der Waals surface area contributed by atoms with Crippen LogP contribution in [-0.2, 0) is 0 Å². The Kier molecular flexibility index (Phi) is 6.32. The van der Waals surface area contributed by atoms with E-state index in [1.165, 1.54) is 10.8 Å². The van der Waals surface area contributed by atoms with Crippen LogP contribution in [0, 0.1) is 0 Å². The Morgan fingerprint density at radius 2 is 0.808 bits per heavy atom. The summed E-state index contributed by atoms with van der Waals surface area (Å²) in [4.78, 5) is 16.2.